The summed E-state index contributed by atoms with van der Waals surface area (Å²) in [6.07, 6.45) is 0. The maximum absolute atomic E-state index is 12.3. The number of halogens is 1. The van der Waals surface area contributed by atoms with Gasteiger partial charge in [-0.05, 0) is 55.7 Å². The molecule has 2 nitrogen and oxygen atoms in total. The lowest BCUT2D eigenvalue weighted by Crippen LogP contribution is -2.23. The molecule has 0 heterocycles. The highest BCUT2D eigenvalue weighted by molar-refractivity contribution is 7.99. The van der Waals surface area contributed by atoms with Crippen LogP contribution >= 0.6 is 23.4 Å². The van der Waals surface area contributed by atoms with Crippen LogP contribution < -0.4 is 5.32 Å². The molecule has 0 spiro atoms. The number of carbonyl (C=O) groups excluding carboxylic acids is 1. The first-order valence-electron chi connectivity index (χ1n) is 7.20. The van der Waals surface area contributed by atoms with Crippen LogP contribution in [0.3, 0.4) is 0 Å². The molecule has 0 saturated heterocycles. The first-order chi connectivity index (χ1) is 10.5. The van der Waals surface area contributed by atoms with Crippen LogP contribution in [-0.4, -0.2) is 11.2 Å². The van der Waals surface area contributed by atoms with Gasteiger partial charge in [-0.15, -0.1) is 11.8 Å². The quantitative estimate of drug-likeness (QED) is 0.813. The van der Waals surface area contributed by atoms with E-state index in [4.69, 9.17) is 11.6 Å². The number of hydrogen-bond donors (Lipinski definition) is 1. The Morgan fingerprint density at radius 2 is 1.86 bits per heavy atom. The highest BCUT2D eigenvalue weighted by atomic mass is 35.5. The van der Waals surface area contributed by atoms with E-state index in [1.807, 2.05) is 63.2 Å². The van der Waals surface area contributed by atoms with Crippen molar-refractivity contribution in [2.75, 3.05) is 5.32 Å². The fourth-order valence-electron chi connectivity index (χ4n) is 1.98. The number of nitrogens with one attached hydrogen (secondary N) is 1. The Morgan fingerprint density at radius 3 is 2.55 bits per heavy atom. The molecule has 1 atom stereocenters. The molecule has 116 valence electrons. The molecule has 0 radical (unpaired) electrons. The fraction of sp³-hybridized carbons (Fsp3) is 0.278. The van der Waals surface area contributed by atoms with E-state index >= 15 is 0 Å². The molecule has 1 N–H and O–H groups in total. The van der Waals surface area contributed by atoms with Gasteiger partial charge in [-0.25, -0.2) is 0 Å². The van der Waals surface area contributed by atoms with E-state index in [0.29, 0.717) is 0 Å². The monoisotopic (exact) mass is 333 g/mol. The van der Waals surface area contributed by atoms with Crippen LogP contribution in [0.4, 0.5) is 5.69 Å². The van der Waals surface area contributed by atoms with Crippen molar-refractivity contribution in [3.8, 4) is 0 Å². The van der Waals surface area contributed by atoms with Crippen LogP contribution in [-0.2, 0) is 10.5 Å². The first kappa shape index (κ1) is 16.9. The molecule has 0 aliphatic carbocycles. The third-order valence-corrected chi connectivity index (χ3v) is 4.90. The molecule has 0 bridgehead atoms. The second-order valence-corrected chi connectivity index (χ2v) is 7.15. The number of amides is 1. The minimum absolute atomic E-state index is 0.0349. The average molecular weight is 334 g/mol. The minimum atomic E-state index is -0.115. The Balaban J connectivity index is 1.91. The Morgan fingerprint density at radius 1 is 1.18 bits per heavy atom. The second-order valence-electron chi connectivity index (χ2n) is 5.39. The largest absolute Gasteiger partial charge is 0.325 e. The van der Waals surface area contributed by atoms with Crippen LogP contribution in [0.15, 0.2) is 42.5 Å². The average Bonchev–Trinajstić information content (AvgIpc) is 2.50. The SMILES string of the molecule is Cc1ccc(C)c(NC(=O)[C@@H](C)SCc2ccc(Cl)cc2)c1. The van der Waals surface area contributed by atoms with Gasteiger partial charge in [0.2, 0.25) is 5.91 Å². The van der Waals surface area contributed by atoms with Crippen LogP contribution in [0.1, 0.15) is 23.6 Å². The molecule has 22 heavy (non-hydrogen) atoms. The molecule has 2 rings (SSSR count). The van der Waals surface area contributed by atoms with Crippen molar-refractivity contribution in [3.05, 3.63) is 64.2 Å². The van der Waals surface area contributed by atoms with Gasteiger partial charge in [0.1, 0.15) is 0 Å². The Labute approximate surface area is 141 Å². The summed E-state index contributed by atoms with van der Waals surface area (Å²) in [5.41, 5.74) is 4.28. The van der Waals surface area contributed by atoms with E-state index in [2.05, 4.69) is 5.32 Å². The third kappa shape index (κ3) is 4.79. The predicted octanol–water partition coefficient (Wildman–Crippen LogP) is 5.22. The molecule has 0 aromatic heterocycles. The summed E-state index contributed by atoms with van der Waals surface area (Å²) < 4.78 is 0. The highest BCUT2D eigenvalue weighted by Crippen LogP contribution is 2.22. The molecule has 0 saturated carbocycles. The van der Waals surface area contributed by atoms with Gasteiger partial charge in [-0.1, -0.05) is 35.9 Å². The van der Waals surface area contributed by atoms with E-state index in [-0.39, 0.29) is 11.2 Å². The zero-order chi connectivity index (χ0) is 16.1. The molecular weight excluding hydrogens is 314 g/mol. The van der Waals surface area contributed by atoms with Gasteiger partial charge >= 0.3 is 0 Å². The van der Waals surface area contributed by atoms with Gasteiger partial charge in [-0.3, -0.25) is 4.79 Å². The Kier molecular flexibility index (Phi) is 5.92. The second kappa shape index (κ2) is 7.70. The minimum Gasteiger partial charge on any atom is -0.325 e. The predicted molar refractivity (Wildman–Crippen MR) is 96.8 cm³/mol. The summed E-state index contributed by atoms with van der Waals surface area (Å²) >= 11 is 7.49. The van der Waals surface area contributed by atoms with Crippen molar-refractivity contribution in [1.82, 2.24) is 0 Å². The highest BCUT2D eigenvalue weighted by Gasteiger charge is 2.14. The molecule has 0 unspecified atom stereocenters. The van der Waals surface area contributed by atoms with Crippen LogP contribution in [0.25, 0.3) is 0 Å². The van der Waals surface area contributed by atoms with Gasteiger partial charge < -0.3 is 5.32 Å². The Hall–Kier alpha value is -1.45. The van der Waals surface area contributed by atoms with Gasteiger partial charge in [0.05, 0.1) is 5.25 Å². The molecular formula is C18H20ClNOS. The van der Waals surface area contributed by atoms with Crippen molar-refractivity contribution in [2.45, 2.75) is 31.8 Å². The third-order valence-electron chi connectivity index (χ3n) is 3.43. The number of rotatable bonds is 5. The van der Waals surface area contributed by atoms with Crippen molar-refractivity contribution in [2.24, 2.45) is 0 Å². The van der Waals surface area contributed by atoms with E-state index in [1.165, 1.54) is 5.56 Å². The molecule has 2 aromatic carbocycles. The lowest BCUT2D eigenvalue weighted by molar-refractivity contribution is -0.115. The number of aryl methyl sites for hydroxylation is 2. The van der Waals surface area contributed by atoms with Crippen molar-refractivity contribution in [3.63, 3.8) is 0 Å². The van der Waals surface area contributed by atoms with Crippen LogP contribution in [0, 0.1) is 13.8 Å². The zero-order valence-corrected chi connectivity index (χ0v) is 14.6. The summed E-state index contributed by atoms with van der Waals surface area (Å²) in [4.78, 5) is 12.3. The van der Waals surface area contributed by atoms with Crippen molar-refractivity contribution in [1.29, 1.82) is 0 Å². The number of anilines is 1. The molecule has 2 aromatic rings. The molecule has 0 aliphatic heterocycles. The smallest absolute Gasteiger partial charge is 0.237 e. The number of thioether (sulfide) groups is 1. The maximum atomic E-state index is 12.3. The van der Waals surface area contributed by atoms with Gasteiger partial charge in [0.15, 0.2) is 0 Å². The molecule has 1 amide bonds. The summed E-state index contributed by atoms with van der Waals surface area (Å²) in [7, 11) is 0. The lowest BCUT2D eigenvalue weighted by Gasteiger charge is -2.14. The van der Waals surface area contributed by atoms with Crippen molar-refractivity contribution < 1.29 is 4.79 Å². The summed E-state index contributed by atoms with van der Waals surface area (Å²) in [6, 6.07) is 13.8. The summed E-state index contributed by atoms with van der Waals surface area (Å²) in [6.45, 7) is 5.95. The molecule has 0 fully saturated rings. The van der Waals surface area contributed by atoms with Gasteiger partial charge in [0, 0.05) is 16.5 Å². The number of carbonyl (C=O) groups is 1. The zero-order valence-electron chi connectivity index (χ0n) is 13.0. The van der Waals surface area contributed by atoms with E-state index in [9.17, 15) is 4.79 Å². The normalized spacial score (nSPS) is 12.0. The summed E-state index contributed by atoms with van der Waals surface area (Å²) in [5.74, 6) is 0.825. The fourth-order valence-corrected chi connectivity index (χ4v) is 2.95. The van der Waals surface area contributed by atoms with Crippen LogP contribution in [0.5, 0.6) is 0 Å². The summed E-state index contributed by atoms with van der Waals surface area (Å²) in [5, 5.41) is 3.63. The number of benzene rings is 2. The van der Waals surface area contributed by atoms with E-state index in [1.54, 1.807) is 11.8 Å². The van der Waals surface area contributed by atoms with Crippen molar-refractivity contribution >= 4 is 35.0 Å². The molecule has 4 heteroatoms. The maximum Gasteiger partial charge on any atom is 0.237 e. The Bertz CT molecular complexity index is 655. The van der Waals surface area contributed by atoms with Gasteiger partial charge in [-0.2, -0.15) is 0 Å². The van der Waals surface area contributed by atoms with E-state index < -0.39 is 0 Å². The standard InChI is InChI=1S/C18H20ClNOS/c1-12-4-5-13(2)17(10-12)20-18(21)14(3)22-11-15-6-8-16(19)9-7-15/h4-10,14H,11H2,1-3H3,(H,20,21)/t14-/m1/s1. The van der Waals surface area contributed by atoms with E-state index in [0.717, 1.165) is 27.6 Å². The molecule has 0 aliphatic rings. The lowest BCUT2D eigenvalue weighted by atomic mass is 10.1. The van der Waals surface area contributed by atoms with Gasteiger partial charge in [0.25, 0.3) is 0 Å². The van der Waals surface area contributed by atoms with Crippen LogP contribution in [0.2, 0.25) is 5.02 Å². The first-order valence-corrected chi connectivity index (χ1v) is 8.62. The number of hydrogen-bond acceptors (Lipinski definition) is 2. The topological polar surface area (TPSA) is 29.1 Å².